The molecule has 0 aliphatic heterocycles. The van der Waals surface area contributed by atoms with Crippen molar-refractivity contribution < 1.29 is 27.2 Å². The maximum Gasteiger partial charge on any atom is 0.339 e. The lowest BCUT2D eigenvalue weighted by atomic mass is 10.2. The Hall–Kier alpha value is -2.80. The van der Waals surface area contributed by atoms with Gasteiger partial charge in [-0.3, -0.25) is 0 Å². The van der Waals surface area contributed by atoms with Gasteiger partial charge in [-0.1, -0.05) is 29.8 Å². The maximum absolute atomic E-state index is 12.5. The smallest absolute Gasteiger partial charge is 0.339 e. The lowest BCUT2D eigenvalue weighted by Gasteiger charge is -2.13. The molecule has 132 valence electrons. The Bertz CT molecular complexity index is 929. The van der Waals surface area contributed by atoms with Crippen LogP contribution in [0.1, 0.15) is 16.7 Å². The predicted molar refractivity (Wildman–Crippen MR) is 90.8 cm³/mol. The number of carbonyl (C=O) groups is 1. The lowest BCUT2D eigenvalue weighted by molar-refractivity contribution is -0.297. The number of carboxylic acid groups (broad SMARTS) is 1. The molecular formula is C18H17O6S-. The first-order chi connectivity index (χ1) is 11.7. The van der Waals surface area contributed by atoms with Crippen LogP contribution in [0.25, 0.3) is 6.08 Å². The van der Waals surface area contributed by atoms with Crippen molar-refractivity contribution in [2.24, 2.45) is 0 Å². The summed E-state index contributed by atoms with van der Waals surface area (Å²) in [5.74, 6) is -1.17. The van der Waals surface area contributed by atoms with Crippen LogP contribution in [0, 0.1) is 13.8 Å². The first kappa shape index (κ1) is 18.5. The van der Waals surface area contributed by atoms with Crippen molar-refractivity contribution in [1.29, 1.82) is 0 Å². The number of methoxy groups -OCH3 is 1. The molecule has 0 fully saturated rings. The largest absolute Gasteiger partial charge is 0.545 e. The fourth-order valence-electron chi connectivity index (χ4n) is 2.26. The molecule has 0 N–H and O–H groups in total. The molecule has 2 rings (SSSR count). The Labute approximate surface area is 146 Å². The van der Waals surface area contributed by atoms with Crippen molar-refractivity contribution in [3.63, 3.8) is 0 Å². The molecule has 2 aromatic carbocycles. The van der Waals surface area contributed by atoms with Crippen LogP contribution in [0.3, 0.4) is 0 Å². The van der Waals surface area contributed by atoms with Gasteiger partial charge in [0.2, 0.25) is 0 Å². The summed E-state index contributed by atoms with van der Waals surface area (Å²) in [5, 5.41) is 10.5. The summed E-state index contributed by atoms with van der Waals surface area (Å²) >= 11 is 0. The molecule has 0 unspecified atom stereocenters. The van der Waals surface area contributed by atoms with E-state index < -0.39 is 16.1 Å². The lowest BCUT2D eigenvalue weighted by Crippen LogP contribution is -2.18. The van der Waals surface area contributed by atoms with Crippen molar-refractivity contribution in [3.8, 4) is 11.5 Å². The van der Waals surface area contributed by atoms with Crippen LogP contribution in [0.5, 0.6) is 11.5 Å². The van der Waals surface area contributed by atoms with E-state index in [1.807, 2.05) is 6.92 Å². The number of rotatable bonds is 6. The fraction of sp³-hybridized carbons (Fsp3) is 0.167. The number of hydrogen-bond acceptors (Lipinski definition) is 6. The van der Waals surface area contributed by atoms with E-state index in [9.17, 15) is 18.3 Å². The van der Waals surface area contributed by atoms with Crippen molar-refractivity contribution >= 4 is 22.2 Å². The highest BCUT2D eigenvalue weighted by Gasteiger charge is 2.21. The van der Waals surface area contributed by atoms with Crippen LogP contribution in [0.4, 0.5) is 0 Å². The van der Waals surface area contributed by atoms with Crippen LogP contribution in [0.15, 0.2) is 47.4 Å². The molecule has 25 heavy (non-hydrogen) atoms. The zero-order valence-corrected chi connectivity index (χ0v) is 14.8. The van der Waals surface area contributed by atoms with Crippen LogP contribution >= 0.6 is 0 Å². The molecule has 0 bridgehead atoms. The zero-order chi connectivity index (χ0) is 18.6. The van der Waals surface area contributed by atoms with Gasteiger partial charge in [-0.15, -0.1) is 0 Å². The second-order valence-electron chi connectivity index (χ2n) is 5.37. The van der Waals surface area contributed by atoms with Crippen molar-refractivity contribution in [3.05, 3.63) is 59.2 Å². The topological polar surface area (TPSA) is 92.7 Å². The molecule has 0 saturated carbocycles. The Morgan fingerprint density at radius 3 is 2.40 bits per heavy atom. The summed E-state index contributed by atoms with van der Waals surface area (Å²) in [4.78, 5) is 10.5. The molecule has 0 saturated heterocycles. The average Bonchev–Trinajstić information content (AvgIpc) is 2.53. The molecule has 0 aliphatic rings. The van der Waals surface area contributed by atoms with E-state index in [0.29, 0.717) is 11.1 Å². The maximum atomic E-state index is 12.5. The van der Waals surface area contributed by atoms with Gasteiger partial charge in [0, 0.05) is 0 Å². The SMILES string of the molecule is COc1cc(/C=C/C(=O)[O-])ccc1OS(=O)(=O)c1ccc(C)cc1C. The number of aryl methyl sites for hydroxylation is 2. The normalized spacial score (nSPS) is 11.5. The first-order valence-electron chi connectivity index (χ1n) is 7.32. The predicted octanol–water partition coefficient (Wildman–Crippen LogP) is 1.84. The van der Waals surface area contributed by atoms with E-state index in [1.54, 1.807) is 19.1 Å². The molecule has 2 aromatic rings. The van der Waals surface area contributed by atoms with E-state index in [-0.39, 0.29) is 16.4 Å². The highest BCUT2D eigenvalue weighted by Crippen LogP contribution is 2.31. The third kappa shape index (κ3) is 4.60. The Morgan fingerprint density at radius 1 is 1.08 bits per heavy atom. The molecule has 0 aromatic heterocycles. The minimum Gasteiger partial charge on any atom is -0.545 e. The molecule has 7 heteroatoms. The Kier molecular flexibility index (Phi) is 5.48. The van der Waals surface area contributed by atoms with Gasteiger partial charge < -0.3 is 18.8 Å². The summed E-state index contributed by atoms with van der Waals surface area (Å²) in [7, 11) is -2.67. The molecule has 0 heterocycles. The number of carbonyl (C=O) groups excluding carboxylic acids is 1. The van der Waals surface area contributed by atoms with Crippen LogP contribution in [0.2, 0.25) is 0 Å². The zero-order valence-electron chi connectivity index (χ0n) is 14.0. The Balaban J connectivity index is 2.37. The molecular weight excluding hydrogens is 344 g/mol. The molecule has 0 atom stereocenters. The third-order valence-corrected chi connectivity index (χ3v) is 4.79. The monoisotopic (exact) mass is 361 g/mol. The molecule has 0 spiro atoms. The van der Waals surface area contributed by atoms with Gasteiger partial charge in [0.1, 0.15) is 4.90 Å². The van der Waals surface area contributed by atoms with E-state index in [1.165, 1.54) is 37.5 Å². The quantitative estimate of drug-likeness (QED) is 0.576. The van der Waals surface area contributed by atoms with Crippen LogP contribution in [-0.2, 0) is 14.9 Å². The van der Waals surface area contributed by atoms with Gasteiger partial charge in [-0.25, -0.2) is 0 Å². The van der Waals surface area contributed by atoms with Gasteiger partial charge in [-0.2, -0.15) is 8.42 Å². The second-order valence-corrected chi connectivity index (χ2v) is 6.88. The number of aliphatic carboxylic acids is 1. The summed E-state index contributed by atoms with van der Waals surface area (Å²) in [5.41, 5.74) is 2.02. The average molecular weight is 361 g/mol. The van der Waals surface area contributed by atoms with Gasteiger partial charge in [-0.05, 0) is 49.2 Å². The number of ether oxygens (including phenoxy) is 1. The van der Waals surface area contributed by atoms with E-state index >= 15 is 0 Å². The Morgan fingerprint density at radius 2 is 1.80 bits per heavy atom. The minimum atomic E-state index is -4.03. The summed E-state index contributed by atoms with van der Waals surface area (Å²) in [6.07, 6.45) is 2.17. The highest BCUT2D eigenvalue weighted by molar-refractivity contribution is 7.87. The van der Waals surface area contributed by atoms with Crippen molar-refractivity contribution in [2.75, 3.05) is 7.11 Å². The van der Waals surface area contributed by atoms with Crippen LogP contribution in [-0.4, -0.2) is 21.5 Å². The van der Waals surface area contributed by atoms with Gasteiger partial charge in [0.25, 0.3) is 0 Å². The van der Waals surface area contributed by atoms with Gasteiger partial charge in [0.05, 0.1) is 13.1 Å². The number of benzene rings is 2. The van der Waals surface area contributed by atoms with Crippen LogP contribution < -0.4 is 14.0 Å². The molecule has 0 aliphatic carbocycles. The van der Waals surface area contributed by atoms with E-state index in [2.05, 4.69) is 0 Å². The second kappa shape index (κ2) is 7.40. The summed E-state index contributed by atoms with van der Waals surface area (Å²) < 4.78 is 35.4. The minimum absolute atomic E-state index is 0.00748. The third-order valence-electron chi connectivity index (χ3n) is 3.40. The molecule has 0 amide bonds. The summed E-state index contributed by atoms with van der Waals surface area (Å²) in [6, 6.07) is 9.30. The summed E-state index contributed by atoms with van der Waals surface area (Å²) in [6.45, 7) is 3.56. The number of hydrogen-bond donors (Lipinski definition) is 0. The molecule has 0 radical (unpaired) electrons. The van der Waals surface area contributed by atoms with Gasteiger partial charge >= 0.3 is 10.1 Å². The van der Waals surface area contributed by atoms with E-state index in [4.69, 9.17) is 8.92 Å². The first-order valence-corrected chi connectivity index (χ1v) is 8.72. The fourth-order valence-corrected chi connectivity index (χ4v) is 3.42. The van der Waals surface area contributed by atoms with E-state index in [0.717, 1.165) is 11.6 Å². The van der Waals surface area contributed by atoms with Crippen molar-refractivity contribution in [1.82, 2.24) is 0 Å². The molecule has 6 nitrogen and oxygen atoms in total. The van der Waals surface area contributed by atoms with Gasteiger partial charge in [0.15, 0.2) is 11.5 Å². The number of carboxylic acids is 1. The highest BCUT2D eigenvalue weighted by atomic mass is 32.2. The standard InChI is InChI=1S/C18H18O6S/c1-12-4-8-17(13(2)10-12)25(21,22)24-15-7-5-14(6-9-18(19)20)11-16(15)23-3/h4-11H,1-3H3,(H,19,20)/p-1/b9-6+. The van der Waals surface area contributed by atoms with Crippen molar-refractivity contribution in [2.45, 2.75) is 18.7 Å².